The molecule has 20 heavy (non-hydrogen) atoms. The van der Waals surface area contributed by atoms with Crippen LogP contribution in [0.4, 0.5) is 0 Å². The summed E-state index contributed by atoms with van der Waals surface area (Å²) in [6.45, 7) is 3.31. The Morgan fingerprint density at radius 1 is 1.00 bits per heavy atom. The summed E-state index contributed by atoms with van der Waals surface area (Å²) < 4.78 is 6.53. The van der Waals surface area contributed by atoms with E-state index in [1.807, 2.05) is 0 Å². The number of rotatable bonds is 2. The standard InChI is InChI=1S/C17H18BNO/c1-18-19-13-12-16(19)17(20-18,14-8-4-2-5-9-14)15-10-6-3-7-11-15/h2-11,16H,12-13H2,1H3/t16-/m0/s1. The minimum atomic E-state index is -0.305. The van der Waals surface area contributed by atoms with Crippen molar-refractivity contribution in [2.75, 3.05) is 6.54 Å². The molecule has 0 aromatic heterocycles. The van der Waals surface area contributed by atoms with Crippen LogP contribution in [0.5, 0.6) is 0 Å². The van der Waals surface area contributed by atoms with Crippen molar-refractivity contribution in [3.05, 3.63) is 71.8 Å². The molecule has 2 aliphatic rings. The predicted octanol–water partition coefficient (Wildman–Crippen LogP) is 3.15. The van der Waals surface area contributed by atoms with Crippen LogP contribution in [0.2, 0.25) is 6.82 Å². The van der Waals surface area contributed by atoms with E-state index in [1.54, 1.807) is 0 Å². The molecule has 0 amide bonds. The highest BCUT2D eigenvalue weighted by Gasteiger charge is 2.58. The SMILES string of the molecule is CB1OC(c2ccccc2)(c2ccccc2)[C@@H]2CCN12. The molecular weight excluding hydrogens is 245 g/mol. The van der Waals surface area contributed by atoms with Crippen LogP contribution >= 0.6 is 0 Å². The van der Waals surface area contributed by atoms with Crippen molar-refractivity contribution in [2.45, 2.75) is 24.9 Å². The quantitative estimate of drug-likeness (QED) is 0.772. The van der Waals surface area contributed by atoms with Gasteiger partial charge >= 0.3 is 7.05 Å². The third kappa shape index (κ3) is 1.54. The van der Waals surface area contributed by atoms with E-state index in [2.05, 4.69) is 72.3 Å². The maximum absolute atomic E-state index is 6.53. The molecule has 0 N–H and O–H groups in total. The Morgan fingerprint density at radius 3 is 1.95 bits per heavy atom. The molecule has 2 nitrogen and oxygen atoms in total. The van der Waals surface area contributed by atoms with E-state index in [9.17, 15) is 0 Å². The van der Waals surface area contributed by atoms with E-state index in [0.29, 0.717) is 6.04 Å². The van der Waals surface area contributed by atoms with Gasteiger partial charge in [0.1, 0.15) is 5.60 Å². The molecule has 0 saturated carbocycles. The molecule has 0 radical (unpaired) electrons. The highest BCUT2D eigenvalue weighted by atomic mass is 16.5. The second-order valence-electron chi connectivity index (χ2n) is 5.73. The second-order valence-corrected chi connectivity index (χ2v) is 5.73. The minimum Gasteiger partial charge on any atom is -0.406 e. The van der Waals surface area contributed by atoms with E-state index in [0.717, 1.165) is 6.54 Å². The average Bonchev–Trinajstić information content (AvgIpc) is 2.67. The lowest BCUT2D eigenvalue weighted by molar-refractivity contribution is 0.0593. The fourth-order valence-corrected chi connectivity index (χ4v) is 3.75. The lowest BCUT2D eigenvalue weighted by Gasteiger charge is -2.44. The number of fused-ring (bicyclic) bond motifs is 1. The number of benzene rings is 2. The van der Waals surface area contributed by atoms with E-state index < -0.39 is 0 Å². The van der Waals surface area contributed by atoms with Gasteiger partial charge < -0.3 is 9.47 Å². The Labute approximate surface area is 120 Å². The van der Waals surface area contributed by atoms with Crippen LogP contribution in [0.3, 0.4) is 0 Å². The number of hydrogen-bond donors (Lipinski definition) is 0. The smallest absolute Gasteiger partial charge is 0.380 e. The zero-order chi connectivity index (χ0) is 13.6. The van der Waals surface area contributed by atoms with Crippen molar-refractivity contribution in [1.82, 2.24) is 4.81 Å². The second kappa shape index (κ2) is 4.47. The topological polar surface area (TPSA) is 12.5 Å². The fraction of sp³-hybridized carbons (Fsp3) is 0.294. The minimum absolute atomic E-state index is 0.189. The summed E-state index contributed by atoms with van der Waals surface area (Å²) in [5.41, 5.74) is 2.23. The number of hydrogen-bond acceptors (Lipinski definition) is 2. The van der Waals surface area contributed by atoms with Gasteiger partial charge in [-0.1, -0.05) is 60.7 Å². The van der Waals surface area contributed by atoms with Crippen LogP contribution in [0.1, 0.15) is 17.5 Å². The fourth-order valence-electron chi connectivity index (χ4n) is 3.75. The Balaban J connectivity index is 1.91. The van der Waals surface area contributed by atoms with E-state index >= 15 is 0 Å². The van der Waals surface area contributed by atoms with Gasteiger partial charge in [0.05, 0.1) is 0 Å². The van der Waals surface area contributed by atoms with Gasteiger partial charge in [0.15, 0.2) is 0 Å². The van der Waals surface area contributed by atoms with Crippen molar-refractivity contribution >= 4 is 7.05 Å². The first-order valence-corrected chi connectivity index (χ1v) is 7.37. The van der Waals surface area contributed by atoms with Gasteiger partial charge in [0.25, 0.3) is 0 Å². The molecule has 0 spiro atoms. The van der Waals surface area contributed by atoms with Gasteiger partial charge in [-0.3, -0.25) is 0 Å². The highest BCUT2D eigenvalue weighted by molar-refractivity contribution is 6.48. The van der Waals surface area contributed by atoms with Gasteiger partial charge in [-0.15, -0.1) is 0 Å². The van der Waals surface area contributed by atoms with Crippen molar-refractivity contribution < 1.29 is 4.65 Å². The molecule has 1 atom stereocenters. The Kier molecular flexibility index (Phi) is 2.72. The van der Waals surface area contributed by atoms with Gasteiger partial charge in [0, 0.05) is 6.04 Å². The van der Waals surface area contributed by atoms with Crippen molar-refractivity contribution in [2.24, 2.45) is 0 Å². The Bertz CT molecular complexity index is 561. The first kappa shape index (κ1) is 12.2. The van der Waals surface area contributed by atoms with Gasteiger partial charge in [-0.2, -0.15) is 0 Å². The molecule has 0 bridgehead atoms. The monoisotopic (exact) mass is 263 g/mol. The van der Waals surface area contributed by atoms with E-state index in [-0.39, 0.29) is 12.7 Å². The molecule has 0 aliphatic carbocycles. The van der Waals surface area contributed by atoms with Gasteiger partial charge in [-0.25, -0.2) is 0 Å². The molecular formula is C17H18BNO. The summed E-state index contributed by atoms with van der Waals surface area (Å²) in [5, 5.41) is 0. The van der Waals surface area contributed by atoms with Crippen LogP contribution in [0, 0.1) is 0 Å². The van der Waals surface area contributed by atoms with Crippen molar-refractivity contribution in [1.29, 1.82) is 0 Å². The largest absolute Gasteiger partial charge is 0.406 e. The summed E-state index contributed by atoms with van der Waals surface area (Å²) in [4.78, 5) is 2.47. The van der Waals surface area contributed by atoms with Crippen LogP contribution in [-0.4, -0.2) is 24.4 Å². The molecule has 0 unspecified atom stereocenters. The first-order valence-electron chi connectivity index (χ1n) is 7.37. The van der Waals surface area contributed by atoms with Crippen LogP contribution in [0.15, 0.2) is 60.7 Å². The third-order valence-electron chi connectivity index (χ3n) is 4.76. The first-order chi connectivity index (χ1) is 9.82. The lowest BCUT2D eigenvalue weighted by atomic mass is 9.74. The number of nitrogens with zero attached hydrogens (tertiary/aromatic N) is 1. The molecule has 2 heterocycles. The summed E-state index contributed by atoms with van der Waals surface area (Å²) in [6.07, 6.45) is 1.20. The van der Waals surface area contributed by atoms with Crippen LogP contribution in [-0.2, 0) is 10.3 Å². The summed E-state index contributed by atoms with van der Waals surface area (Å²) in [6, 6.07) is 21.8. The Morgan fingerprint density at radius 2 is 1.55 bits per heavy atom. The van der Waals surface area contributed by atoms with Crippen LogP contribution < -0.4 is 0 Å². The summed E-state index contributed by atoms with van der Waals surface area (Å²) >= 11 is 0. The molecule has 2 saturated heterocycles. The van der Waals surface area contributed by atoms with Gasteiger partial charge in [-0.05, 0) is 30.9 Å². The van der Waals surface area contributed by atoms with Crippen molar-refractivity contribution in [3.8, 4) is 0 Å². The molecule has 100 valence electrons. The summed E-state index contributed by atoms with van der Waals surface area (Å²) in [7, 11) is 0.189. The molecule has 3 heteroatoms. The molecule has 2 aliphatic heterocycles. The average molecular weight is 263 g/mol. The van der Waals surface area contributed by atoms with E-state index in [1.165, 1.54) is 17.5 Å². The Hall–Kier alpha value is -1.58. The predicted molar refractivity (Wildman–Crippen MR) is 81.5 cm³/mol. The highest BCUT2D eigenvalue weighted by Crippen LogP contribution is 2.49. The third-order valence-corrected chi connectivity index (χ3v) is 4.76. The van der Waals surface area contributed by atoms with Crippen LogP contribution in [0.25, 0.3) is 0 Å². The van der Waals surface area contributed by atoms with Gasteiger partial charge in [0.2, 0.25) is 0 Å². The zero-order valence-electron chi connectivity index (χ0n) is 11.7. The molecule has 2 fully saturated rings. The molecule has 2 aromatic carbocycles. The zero-order valence-corrected chi connectivity index (χ0v) is 11.7. The van der Waals surface area contributed by atoms with E-state index in [4.69, 9.17) is 4.65 Å². The summed E-state index contributed by atoms with van der Waals surface area (Å²) in [5.74, 6) is 0. The maximum Gasteiger partial charge on any atom is 0.380 e. The molecule has 2 aromatic rings. The normalized spacial score (nSPS) is 24.2. The maximum atomic E-state index is 6.53. The molecule has 4 rings (SSSR count). The lowest BCUT2D eigenvalue weighted by Crippen LogP contribution is -2.54. The van der Waals surface area contributed by atoms with Crippen molar-refractivity contribution in [3.63, 3.8) is 0 Å².